The molecule has 2 aromatic carbocycles. The number of amides is 1. The van der Waals surface area contributed by atoms with Crippen molar-refractivity contribution in [1.82, 2.24) is 4.98 Å². The predicted octanol–water partition coefficient (Wildman–Crippen LogP) is 5.28. The van der Waals surface area contributed by atoms with Crippen molar-refractivity contribution in [2.75, 3.05) is 11.9 Å². The Morgan fingerprint density at radius 1 is 1.15 bits per heavy atom. The van der Waals surface area contributed by atoms with Gasteiger partial charge in [0.2, 0.25) is 5.91 Å². The normalized spacial score (nSPS) is 10.4. The maximum atomic E-state index is 12.7. The van der Waals surface area contributed by atoms with E-state index in [1.807, 2.05) is 13.0 Å². The molecule has 0 aliphatic carbocycles. The van der Waals surface area contributed by atoms with Gasteiger partial charge in [0.1, 0.15) is 23.1 Å². The number of carbonyl (C=O) groups excluding carboxylic acids is 1. The Balaban J connectivity index is 1.73. The van der Waals surface area contributed by atoms with E-state index >= 15 is 0 Å². The third kappa shape index (κ3) is 5.93. The first kappa shape index (κ1) is 23.9. The number of halogens is 1. The summed E-state index contributed by atoms with van der Waals surface area (Å²) < 4.78 is 11.4. The van der Waals surface area contributed by atoms with Gasteiger partial charge in [-0.25, -0.2) is 0 Å². The second-order valence-corrected chi connectivity index (χ2v) is 7.80. The highest BCUT2D eigenvalue weighted by molar-refractivity contribution is 6.31. The van der Waals surface area contributed by atoms with Gasteiger partial charge in [0.15, 0.2) is 5.75 Å². The van der Waals surface area contributed by atoms with Crippen LogP contribution in [0.1, 0.15) is 35.7 Å². The van der Waals surface area contributed by atoms with Crippen molar-refractivity contribution in [3.8, 4) is 23.3 Å². The van der Waals surface area contributed by atoms with E-state index in [0.29, 0.717) is 46.5 Å². The minimum Gasteiger partial charge on any atom is -0.494 e. The van der Waals surface area contributed by atoms with E-state index in [1.54, 1.807) is 56.3 Å². The topological polar surface area (TPSA) is 104 Å². The van der Waals surface area contributed by atoms with Crippen LogP contribution in [0.5, 0.6) is 17.2 Å². The molecule has 0 saturated heterocycles. The Bertz CT molecular complexity index is 1260. The number of nitrogens with zero attached hydrogens (tertiary/aromatic N) is 1. The summed E-state index contributed by atoms with van der Waals surface area (Å²) in [6.07, 6.45) is 0.512. The van der Waals surface area contributed by atoms with E-state index in [9.17, 15) is 14.9 Å². The van der Waals surface area contributed by atoms with Gasteiger partial charge in [-0.15, -0.1) is 0 Å². The molecule has 7 nitrogen and oxygen atoms in total. The number of benzene rings is 2. The number of rotatable bonds is 8. The average molecular weight is 466 g/mol. The van der Waals surface area contributed by atoms with Crippen molar-refractivity contribution in [2.24, 2.45) is 0 Å². The van der Waals surface area contributed by atoms with Crippen LogP contribution in [0.2, 0.25) is 5.02 Å². The molecule has 0 spiro atoms. The molecular formula is C25H24ClN3O4. The summed E-state index contributed by atoms with van der Waals surface area (Å²) >= 11 is 6.13. The summed E-state index contributed by atoms with van der Waals surface area (Å²) in [6.45, 7) is 5.95. The van der Waals surface area contributed by atoms with Crippen molar-refractivity contribution in [2.45, 2.75) is 33.6 Å². The van der Waals surface area contributed by atoms with E-state index in [0.717, 1.165) is 11.3 Å². The number of ether oxygens (including phenoxy) is 2. The van der Waals surface area contributed by atoms with Crippen LogP contribution in [0.15, 0.2) is 47.3 Å². The van der Waals surface area contributed by atoms with E-state index < -0.39 is 5.56 Å². The lowest BCUT2D eigenvalue weighted by atomic mass is 9.99. The zero-order valence-electron chi connectivity index (χ0n) is 18.6. The summed E-state index contributed by atoms with van der Waals surface area (Å²) in [5.41, 5.74) is 2.10. The first-order valence-electron chi connectivity index (χ1n) is 10.4. The van der Waals surface area contributed by atoms with Crippen molar-refractivity contribution in [3.05, 3.63) is 80.2 Å². The van der Waals surface area contributed by atoms with E-state index in [-0.39, 0.29) is 17.9 Å². The summed E-state index contributed by atoms with van der Waals surface area (Å²) in [5.74, 6) is 1.51. The Morgan fingerprint density at radius 3 is 2.52 bits per heavy atom. The number of carbonyl (C=O) groups is 1. The molecule has 170 valence electrons. The van der Waals surface area contributed by atoms with Gasteiger partial charge in [0, 0.05) is 17.1 Å². The van der Waals surface area contributed by atoms with Crippen LogP contribution in [0.3, 0.4) is 0 Å². The maximum absolute atomic E-state index is 12.7. The Labute approximate surface area is 196 Å². The molecule has 0 atom stereocenters. The second-order valence-electron chi connectivity index (χ2n) is 7.36. The fraction of sp³-hybridized carbons (Fsp3) is 0.240. The highest BCUT2D eigenvalue weighted by Gasteiger charge is 2.15. The molecule has 3 rings (SSSR count). The van der Waals surface area contributed by atoms with Gasteiger partial charge < -0.3 is 19.8 Å². The lowest BCUT2D eigenvalue weighted by Gasteiger charge is -2.14. The molecule has 1 heterocycles. The standard InChI is InChI=1S/C25H24ClN3O4/c1-4-32-18-6-8-19(9-7-18)33-23-11-5-17(26)13-22(23)29-24(30)12-10-20-15(2)21(14-27)25(31)28-16(20)3/h5-9,11,13H,4,10,12H2,1-3H3,(H,28,31)(H,29,30). The molecule has 33 heavy (non-hydrogen) atoms. The highest BCUT2D eigenvalue weighted by Crippen LogP contribution is 2.33. The molecule has 0 aliphatic rings. The quantitative estimate of drug-likeness (QED) is 0.471. The number of hydrogen-bond donors (Lipinski definition) is 2. The summed E-state index contributed by atoms with van der Waals surface area (Å²) in [4.78, 5) is 27.3. The first-order chi connectivity index (χ1) is 15.8. The van der Waals surface area contributed by atoms with Gasteiger partial charge in [-0.3, -0.25) is 9.59 Å². The molecule has 0 fully saturated rings. The van der Waals surface area contributed by atoms with Crippen LogP contribution in [0, 0.1) is 25.2 Å². The van der Waals surface area contributed by atoms with Crippen molar-refractivity contribution >= 4 is 23.2 Å². The van der Waals surface area contributed by atoms with Crippen LogP contribution in [0.25, 0.3) is 0 Å². The molecule has 0 radical (unpaired) electrons. The number of nitrogens with one attached hydrogen (secondary N) is 2. The minimum atomic E-state index is -0.421. The van der Waals surface area contributed by atoms with Gasteiger partial charge in [0.25, 0.3) is 5.56 Å². The van der Waals surface area contributed by atoms with Crippen LogP contribution in [-0.2, 0) is 11.2 Å². The van der Waals surface area contributed by atoms with Gasteiger partial charge in [-0.2, -0.15) is 5.26 Å². The first-order valence-corrected chi connectivity index (χ1v) is 10.8. The third-order valence-electron chi connectivity index (χ3n) is 5.10. The van der Waals surface area contributed by atoms with Gasteiger partial charge in [-0.05, 0) is 80.8 Å². The average Bonchev–Trinajstić information content (AvgIpc) is 2.77. The van der Waals surface area contributed by atoms with E-state index in [1.165, 1.54) is 0 Å². The van der Waals surface area contributed by atoms with Crippen molar-refractivity contribution in [1.29, 1.82) is 5.26 Å². The van der Waals surface area contributed by atoms with Crippen molar-refractivity contribution in [3.63, 3.8) is 0 Å². The number of H-pyrrole nitrogens is 1. The summed E-state index contributed by atoms with van der Waals surface area (Å²) in [6, 6.07) is 14.1. The molecule has 0 bridgehead atoms. The minimum absolute atomic E-state index is 0.0666. The zero-order chi connectivity index (χ0) is 24.0. The fourth-order valence-corrected chi connectivity index (χ4v) is 3.63. The second kappa shape index (κ2) is 10.7. The Kier molecular flexibility index (Phi) is 7.75. The number of aryl methyl sites for hydroxylation is 1. The molecule has 1 aromatic heterocycles. The number of pyridine rings is 1. The fourth-order valence-electron chi connectivity index (χ4n) is 3.46. The van der Waals surface area contributed by atoms with Crippen molar-refractivity contribution < 1.29 is 14.3 Å². The third-order valence-corrected chi connectivity index (χ3v) is 5.34. The number of aromatic nitrogens is 1. The smallest absolute Gasteiger partial charge is 0.266 e. The van der Waals surface area contributed by atoms with E-state index in [4.69, 9.17) is 21.1 Å². The van der Waals surface area contributed by atoms with Crippen LogP contribution in [0.4, 0.5) is 5.69 Å². The summed E-state index contributed by atoms with van der Waals surface area (Å²) in [7, 11) is 0. The number of aromatic amines is 1. The van der Waals surface area contributed by atoms with Crippen LogP contribution < -0.4 is 20.3 Å². The van der Waals surface area contributed by atoms with Gasteiger partial charge >= 0.3 is 0 Å². The Hall–Kier alpha value is -3.76. The number of hydrogen-bond acceptors (Lipinski definition) is 5. The Morgan fingerprint density at radius 2 is 1.85 bits per heavy atom. The summed E-state index contributed by atoms with van der Waals surface area (Å²) in [5, 5.41) is 12.5. The van der Waals surface area contributed by atoms with Crippen LogP contribution in [-0.4, -0.2) is 17.5 Å². The molecule has 0 saturated carbocycles. The molecule has 0 unspecified atom stereocenters. The molecule has 2 N–H and O–H groups in total. The highest BCUT2D eigenvalue weighted by atomic mass is 35.5. The molecule has 8 heteroatoms. The predicted molar refractivity (Wildman–Crippen MR) is 127 cm³/mol. The largest absolute Gasteiger partial charge is 0.494 e. The lowest BCUT2D eigenvalue weighted by molar-refractivity contribution is -0.116. The van der Waals surface area contributed by atoms with Gasteiger partial charge in [-0.1, -0.05) is 11.6 Å². The van der Waals surface area contributed by atoms with E-state index in [2.05, 4.69) is 10.3 Å². The molecule has 3 aromatic rings. The number of anilines is 1. The monoisotopic (exact) mass is 465 g/mol. The molecule has 0 aliphatic heterocycles. The number of nitriles is 1. The SMILES string of the molecule is CCOc1ccc(Oc2ccc(Cl)cc2NC(=O)CCc2c(C)[nH]c(=O)c(C#N)c2C)cc1. The zero-order valence-corrected chi connectivity index (χ0v) is 19.4. The van der Waals surface area contributed by atoms with Crippen LogP contribution >= 0.6 is 11.6 Å². The molecular weight excluding hydrogens is 442 g/mol. The van der Waals surface area contributed by atoms with Gasteiger partial charge in [0.05, 0.1) is 12.3 Å². The lowest BCUT2D eigenvalue weighted by Crippen LogP contribution is -2.18. The molecule has 1 amide bonds. The maximum Gasteiger partial charge on any atom is 0.266 e.